The van der Waals surface area contributed by atoms with Gasteiger partial charge in [0.2, 0.25) is 0 Å². The first-order chi connectivity index (χ1) is 10.2. The van der Waals surface area contributed by atoms with Gasteiger partial charge >= 0.3 is 0 Å². The highest BCUT2D eigenvalue weighted by molar-refractivity contribution is 5.38. The third-order valence-corrected chi connectivity index (χ3v) is 5.05. The van der Waals surface area contributed by atoms with Crippen LogP contribution in [0.2, 0.25) is 0 Å². The Morgan fingerprint density at radius 2 is 1.81 bits per heavy atom. The molecule has 3 unspecified atom stereocenters. The Balaban J connectivity index is 1.69. The van der Waals surface area contributed by atoms with Crippen molar-refractivity contribution in [2.75, 3.05) is 27.3 Å². The van der Waals surface area contributed by atoms with Crippen LogP contribution in [0.25, 0.3) is 0 Å². The number of benzene rings is 1. The van der Waals surface area contributed by atoms with E-state index in [-0.39, 0.29) is 0 Å². The molecule has 0 aromatic heterocycles. The number of ether oxygens (including phenoxy) is 2. The molecule has 2 N–H and O–H groups in total. The molecule has 0 bridgehead atoms. The summed E-state index contributed by atoms with van der Waals surface area (Å²) in [5, 5.41) is 0. The second-order valence-corrected chi connectivity index (χ2v) is 6.43. The number of nitrogens with zero attached hydrogens (tertiary/aromatic N) is 1. The van der Waals surface area contributed by atoms with E-state index in [4.69, 9.17) is 15.2 Å². The van der Waals surface area contributed by atoms with Gasteiger partial charge in [-0.15, -0.1) is 0 Å². The average Bonchev–Trinajstić information content (AvgIpc) is 2.90. The Morgan fingerprint density at radius 3 is 2.43 bits per heavy atom. The first-order valence-electron chi connectivity index (χ1n) is 7.89. The summed E-state index contributed by atoms with van der Waals surface area (Å²) < 4.78 is 10.7. The van der Waals surface area contributed by atoms with E-state index in [1.54, 1.807) is 14.2 Å². The van der Waals surface area contributed by atoms with Crippen molar-refractivity contribution in [2.24, 2.45) is 17.6 Å². The molecule has 2 aliphatic rings. The van der Waals surface area contributed by atoms with E-state index >= 15 is 0 Å². The molecule has 1 aromatic rings. The van der Waals surface area contributed by atoms with Gasteiger partial charge in [0.25, 0.3) is 0 Å². The topological polar surface area (TPSA) is 47.7 Å². The summed E-state index contributed by atoms with van der Waals surface area (Å²) in [6.45, 7) is 3.26. The number of fused-ring (bicyclic) bond motifs is 1. The lowest BCUT2D eigenvalue weighted by molar-refractivity contribution is 0.259. The molecule has 1 saturated heterocycles. The van der Waals surface area contributed by atoms with Gasteiger partial charge in [-0.2, -0.15) is 0 Å². The zero-order chi connectivity index (χ0) is 14.8. The number of hydrogen-bond donors (Lipinski definition) is 1. The monoisotopic (exact) mass is 290 g/mol. The number of likely N-dealkylation sites (tertiary alicyclic amines) is 1. The minimum absolute atomic E-state index is 0.397. The number of rotatable bonds is 4. The molecule has 3 rings (SSSR count). The van der Waals surface area contributed by atoms with E-state index in [0.717, 1.165) is 30.5 Å². The smallest absolute Gasteiger partial charge is 0.122 e. The van der Waals surface area contributed by atoms with E-state index in [1.807, 2.05) is 6.07 Å². The van der Waals surface area contributed by atoms with Gasteiger partial charge in [0.05, 0.1) is 14.2 Å². The van der Waals surface area contributed by atoms with Crippen LogP contribution in [0.1, 0.15) is 24.8 Å². The molecule has 4 nitrogen and oxygen atoms in total. The van der Waals surface area contributed by atoms with Crippen molar-refractivity contribution >= 4 is 0 Å². The maximum absolute atomic E-state index is 6.30. The highest BCUT2D eigenvalue weighted by Crippen LogP contribution is 2.36. The Bertz CT molecular complexity index is 469. The summed E-state index contributed by atoms with van der Waals surface area (Å²) in [6, 6.07) is 6.52. The maximum Gasteiger partial charge on any atom is 0.122 e. The van der Waals surface area contributed by atoms with Crippen molar-refractivity contribution in [3.63, 3.8) is 0 Å². The summed E-state index contributed by atoms with van der Waals surface area (Å²) in [7, 11) is 3.39. The molecule has 21 heavy (non-hydrogen) atoms. The molecule has 1 aliphatic carbocycles. The van der Waals surface area contributed by atoms with Crippen LogP contribution in [0, 0.1) is 11.8 Å². The Labute approximate surface area is 127 Å². The molecule has 1 aliphatic heterocycles. The predicted molar refractivity (Wildman–Crippen MR) is 83.6 cm³/mol. The van der Waals surface area contributed by atoms with Crippen LogP contribution in [0.4, 0.5) is 0 Å². The molecule has 0 radical (unpaired) electrons. The summed E-state index contributed by atoms with van der Waals surface area (Å²) in [6.07, 6.45) is 3.83. The molecule has 0 amide bonds. The Morgan fingerprint density at radius 1 is 1.10 bits per heavy atom. The van der Waals surface area contributed by atoms with Gasteiger partial charge in [-0.3, -0.25) is 4.90 Å². The second-order valence-electron chi connectivity index (χ2n) is 6.43. The summed E-state index contributed by atoms with van der Waals surface area (Å²) >= 11 is 0. The van der Waals surface area contributed by atoms with Crippen molar-refractivity contribution in [2.45, 2.75) is 31.8 Å². The molecule has 1 aromatic carbocycles. The molecule has 1 saturated carbocycles. The SMILES string of the molecule is COc1cc(CN2CC3CCCC(N)C3C2)cc(OC)c1. The largest absolute Gasteiger partial charge is 0.497 e. The van der Waals surface area contributed by atoms with E-state index in [0.29, 0.717) is 12.0 Å². The lowest BCUT2D eigenvalue weighted by Crippen LogP contribution is -2.38. The molecule has 0 spiro atoms. The van der Waals surface area contributed by atoms with Gasteiger partial charge in [-0.1, -0.05) is 6.42 Å². The summed E-state index contributed by atoms with van der Waals surface area (Å²) in [5.41, 5.74) is 7.55. The van der Waals surface area contributed by atoms with Gasteiger partial charge in [-0.05, 0) is 42.4 Å². The number of methoxy groups -OCH3 is 2. The standard InChI is InChI=1S/C17H26N2O2/c1-20-14-6-12(7-15(8-14)21-2)9-19-10-13-4-3-5-17(18)16(13)11-19/h6-8,13,16-17H,3-5,9-11,18H2,1-2H3. The number of hydrogen-bond acceptors (Lipinski definition) is 4. The van der Waals surface area contributed by atoms with Gasteiger partial charge < -0.3 is 15.2 Å². The fourth-order valence-corrected chi connectivity index (χ4v) is 3.95. The molecule has 2 fully saturated rings. The molecular weight excluding hydrogens is 264 g/mol. The molecule has 3 atom stereocenters. The quantitative estimate of drug-likeness (QED) is 0.924. The lowest BCUT2D eigenvalue weighted by Gasteiger charge is -2.29. The number of nitrogens with two attached hydrogens (primary N) is 1. The van der Waals surface area contributed by atoms with Crippen molar-refractivity contribution in [3.05, 3.63) is 23.8 Å². The minimum atomic E-state index is 0.397. The average molecular weight is 290 g/mol. The van der Waals surface area contributed by atoms with E-state index < -0.39 is 0 Å². The van der Waals surface area contributed by atoms with E-state index in [2.05, 4.69) is 17.0 Å². The molecule has 1 heterocycles. The van der Waals surface area contributed by atoms with Gasteiger partial charge in [-0.25, -0.2) is 0 Å². The first kappa shape index (κ1) is 14.7. The van der Waals surface area contributed by atoms with E-state index in [9.17, 15) is 0 Å². The first-order valence-corrected chi connectivity index (χ1v) is 7.89. The minimum Gasteiger partial charge on any atom is -0.497 e. The normalized spacial score (nSPS) is 29.2. The Kier molecular flexibility index (Phi) is 4.36. The van der Waals surface area contributed by atoms with Gasteiger partial charge in [0.1, 0.15) is 11.5 Å². The third kappa shape index (κ3) is 3.16. The second kappa shape index (κ2) is 6.24. The maximum atomic E-state index is 6.30. The summed E-state index contributed by atoms with van der Waals surface area (Å²) in [5.74, 6) is 3.20. The van der Waals surface area contributed by atoms with Crippen LogP contribution in [-0.2, 0) is 6.54 Å². The lowest BCUT2D eigenvalue weighted by atomic mass is 9.78. The zero-order valence-electron chi connectivity index (χ0n) is 13.0. The Hall–Kier alpha value is -1.26. The van der Waals surface area contributed by atoms with Crippen molar-refractivity contribution in [1.82, 2.24) is 4.90 Å². The fourth-order valence-electron chi connectivity index (χ4n) is 3.95. The van der Waals surface area contributed by atoms with Gasteiger partial charge in [0.15, 0.2) is 0 Å². The van der Waals surface area contributed by atoms with Crippen molar-refractivity contribution in [1.29, 1.82) is 0 Å². The summed E-state index contributed by atoms with van der Waals surface area (Å²) in [4.78, 5) is 2.54. The van der Waals surface area contributed by atoms with Crippen LogP contribution in [-0.4, -0.2) is 38.3 Å². The molecule has 4 heteroatoms. The van der Waals surface area contributed by atoms with Crippen LogP contribution >= 0.6 is 0 Å². The van der Waals surface area contributed by atoms with Crippen LogP contribution < -0.4 is 15.2 Å². The van der Waals surface area contributed by atoms with Crippen LogP contribution in [0.3, 0.4) is 0 Å². The predicted octanol–water partition coefficient (Wildman–Crippen LogP) is 2.26. The highest BCUT2D eigenvalue weighted by atomic mass is 16.5. The van der Waals surface area contributed by atoms with Gasteiger partial charge in [0, 0.05) is 31.7 Å². The fraction of sp³-hybridized carbons (Fsp3) is 0.647. The van der Waals surface area contributed by atoms with E-state index in [1.165, 1.54) is 31.4 Å². The van der Waals surface area contributed by atoms with Crippen LogP contribution in [0.5, 0.6) is 11.5 Å². The zero-order valence-corrected chi connectivity index (χ0v) is 13.0. The third-order valence-electron chi connectivity index (χ3n) is 5.05. The van der Waals surface area contributed by atoms with Crippen LogP contribution in [0.15, 0.2) is 18.2 Å². The van der Waals surface area contributed by atoms with Crippen molar-refractivity contribution < 1.29 is 9.47 Å². The van der Waals surface area contributed by atoms with Crippen molar-refractivity contribution in [3.8, 4) is 11.5 Å². The molecule has 116 valence electrons. The highest BCUT2D eigenvalue weighted by Gasteiger charge is 2.38. The molecular formula is C17H26N2O2.